The van der Waals surface area contributed by atoms with Gasteiger partial charge in [-0.2, -0.15) is 0 Å². The summed E-state index contributed by atoms with van der Waals surface area (Å²) in [5, 5.41) is 2.50. The topological polar surface area (TPSA) is 46.2 Å². The fraction of sp³-hybridized carbons (Fsp3) is 0.429. The highest BCUT2D eigenvalue weighted by atomic mass is 16.2. The van der Waals surface area contributed by atoms with E-state index in [0.29, 0.717) is 5.56 Å². The van der Waals surface area contributed by atoms with Gasteiger partial charge >= 0.3 is 0 Å². The number of hydrogen-bond donors (Lipinski definition) is 1. The molecule has 17 heavy (non-hydrogen) atoms. The van der Waals surface area contributed by atoms with Crippen molar-refractivity contribution in [3.63, 3.8) is 0 Å². The molecule has 1 aromatic carbocycles. The van der Waals surface area contributed by atoms with Crippen molar-refractivity contribution in [2.24, 2.45) is 0 Å². The Balaban J connectivity index is 2.54. The van der Waals surface area contributed by atoms with Crippen LogP contribution in [0.1, 0.15) is 42.6 Å². The summed E-state index contributed by atoms with van der Waals surface area (Å²) in [7, 11) is 0. The lowest BCUT2D eigenvalue weighted by Gasteiger charge is -2.04. The van der Waals surface area contributed by atoms with E-state index >= 15 is 0 Å². The molecule has 0 bridgehead atoms. The summed E-state index contributed by atoms with van der Waals surface area (Å²) in [6.45, 7) is 3.64. The molecule has 0 saturated heterocycles. The quantitative estimate of drug-likeness (QED) is 0.767. The van der Waals surface area contributed by atoms with Gasteiger partial charge in [0.25, 0.3) is 0 Å². The Labute approximate surface area is 102 Å². The van der Waals surface area contributed by atoms with E-state index in [1.807, 2.05) is 24.3 Å². The van der Waals surface area contributed by atoms with E-state index < -0.39 is 0 Å². The minimum Gasteiger partial charge on any atom is -0.349 e. The molecule has 1 aromatic rings. The number of rotatable bonds is 6. The molecule has 3 nitrogen and oxygen atoms in total. The number of carbonyl (C=O) groups is 2. The largest absolute Gasteiger partial charge is 0.349 e. The van der Waals surface area contributed by atoms with Crippen molar-refractivity contribution in [2.75, 3.05) is 6.54 Å². The van der Waals surface area contributed by atoms with E-state index in [4.69, 9.17) is 0 Å². The highest BCUT2D eigenvalue weighted by Gasteiger charge is 2.05. The molecule has 0 atom stereocenters. The van der Waals surface area contributed by atoms with Gasteiger partial charge in [-0.05, 0) is 18.4 Å². The lowest BCUT2D eigenvalue weighted by molar-refractivity contribution is -0.118. The van der Waals surface area contributed by atoms with E-state index in [1.54, 1.807) is 0 Å². The second-order valence-corrected chi connectivity index (χ2v) is 4.13. The van der Waals surface area contributed by atoms with Gasteiger partial charge in [-0.25, -0.2) is 0 Å². The maximum atomic E-state index is 11.7. The standard InChI is InChI=1S/C14H19NO2/c1-3-4-5-12-6-8-13(9-7-12)14(17)10-15-11(2)16/h6-9H,3-5,10H2,1-2H3,(H,15,16). The maximum Gasteiger partial charge on any atom is 0.217 e. The van der Waals surface area contributed by atoms with Crippen LogP contribution >= 0.6 is 0 Å². The van der Waals surface area contributed by atoms with Crippen LogP contribution in [0.2, 0.25) is 0 Å². The number of hydrogen-bond acceptors (Lipinski definition) is 2. The van der Waals surface area contributed by atoms with Crippen molar-refractivity contribution in [3.8, 4) is 0 Å². The van der Waals surface area contributed by atoms with Crippen LogP contribution in [0.15, 0.2) is 24.3 Å². The summed E-state index contributed by atoms with van der Waals surface area (Å²) in [5.41, 5.74) is 1.90. The Morgan fingerprint density at radius 3 is 2.35 bits per heavy atom. The molecular formula is C14H19NO2. The highest BCUT2D eigenvalue weighted by molar-refractivity contribution is 5.99. The van der Waals surface area contributed by atoms with Crippen molar-refractivity contribution < 1.29 is 9.59 Å². The summed E-state index contributed by atoms with van der Waals surface area (Å²) in [4.78, 5) is 22.3. The first-order valence-electron chi connectivity index (χ1n) is 6.00. The van der Waals surface area contributed by atoms with Crippen molar-refractivity contribution in [2.45, 2.75) is 33.1 Å². The van der Waals surface area contributed by atoms with Crippen LogP contribution in [0, 0.1) is 0 Å². The van der Waals surface area contributed by atoms with Crippen molar-refractivity contribution in [1.29, 1.82) is 0 Å². The zero-order valence-electron chi connectivity index (χ0n) is 10.5. The third-order valence-electron chi connectivity index (χ3n) is 2.59. The predicted molar refractivity (Wildman–Crippen MR) is 68.1 cm³/mol. The third kappa shape index (κ3) is 4.81. The van der Waals surface area contributed by atoms with Gasteiger partial charge in [0.2, 0.25) is 5.91 Å². The first-order chi connectivity index (χ1) is 8.13. The lowest BCUT2D eigenvalue weighted by Crippen LogP contribution is -2.27. The molecule has 0 aliphatic heterocycles. The zero-order chi connectivity index (χ0) is 12.7. The number of unbranched alkanes of at least 4 members (excludes halogenated alkanes) is 1. The van der Waals surface area contributed by atoms with E-state index in [9.17, 15) is 9.59 Å². The van der Waals surface area contributed by atoms with E-state index in [2.05, 4.69) is 12.2 Å². The molecule has 1 N–H and O–H groups in total. The zero-order valence-corrected chi connectivity index (χ0v) is 10.5. The second kappa shape index (κ2) is 6.84. The van der Waals surface area contributed by atoms with Crippen LogP contribution in [0.3, 0.4) is 0 Å². The van der Waals surface area contributed by atoms with Gasteiger partial charge in [0.1, 0.15) is 0 Å². The molecule has 92 valence electrons. The Bertz CT molecular complexity index is 382. The number of ketones is 1. The molecule has 0 spiro atoms. The normalized spacial score (nSPS) is 10.0. The van der Waals surface area contributed by atoms with Gasteiger partial charge in [0, 0.05) is 12.5 Å². The summed E-state index contributed by atoms with van der Waals surface area (Å²) in [6, 6.07) is 7.62. The van der Waals surface area contributed by atoms with E-state index in [1.165, 1.54) is 25.3 Å². The first-order valence-corrected chi connectivity index (χ1v) is 6.00. The second-order valence-electron chi connectivity index (χ2n) is 4.13. The SMILES string of the molecule is CCCCc1ccc(C(=O)CNC(C)=O)cc1. The molecule has 0 heterocycles. The summed E-state index contributed by atoms with van der Waals surface area (Å²) in [5.74, 6) is -0.236. The predicted octanol–water partition coefficient (Wildman–Crippen LogP) is 2.35. The first kappa shape index (κ1) is 13.4. The molecule has 0 radical (unpaired) electrons. The van der Waals surface area contributed by atoms with Crippen LogP contribution in [0.5, 0.6) is 0 Å². The summed E-state index contributed by atoms with van der Waals surface area (Å²) >= 11 is 0. The minimum absolute atomic E-state index is 0.0535. The fourth-order valence-electron chi connectivity index (χ4n) is 1.55. The summed E-state index contributed by atoms with van der Waals surface area (Å²) in [6.07, 6.45) is 3.39. The van der Waals surface area contributed by atoms with Gasteiger partial charge in [-0.1, -0.05) is 37.6 Å². The lowest BCUT2D eigenvalue weighted by atomic mass is 10.0. The maximum absolute atomic E-state index is 11.7. The number of Topliss-reactive ketones (excluding diaryl/α,β-unsaturated/α-hetero) is 1. The Morgan fingerprint density at radius 1 is 1.18 bits per heavy atom. The average molecular weight is 233 g/mol. The molecule has 1 rings (SSSR count). The molecule has 0 unspecified atom stereocenters. The monoisotopic (exact) mass is 233 g/mol. The molecule has 1 amide bonds. The molecule has 0 aromatic heterocycles. The third-order valence-corrected chi connectivity index (χ3v) is 2.59. The smallest absolute Gasteiger partial charge is 0.217 e. The van der Waals surface area contributed by atoms with E-state index in [0.717, 1.165) is 6.42 Å². The Kier molecular flexibility index (Phi) is 5.40. The fourth-order valence-corrected chi connectivity index (χ4v) is 1.55. The number of benzene rings is 1. The molecule has 3 heteroatoms. The Morgan fingerprint density at radius 2 is 1.82 bits per heavy atom. The number of aryl methyl sites for hydroxylation is 1. The number of nitrogens with one attached hydrogen (secondary N) is 1. The van der Waals surface area contributed by atoms with Crippen molar-refractivity contribution >= 4 is 11.7 Å². The average Bonchev–Trinajstić information content (AvgIpc) is 2.34. The Hall–Kier alpha value is -1.64. The van der Waals surface area contributed by atoms with Crippen molar-refractivity contribution in [3.05, 3.63) is 35.4 Å². The molecular weight excluding hydrogens is 214 g/mol. The van der Waals surface area contributed by atoms with Crippen LogP contribution in [0.4, 0.5) is 0 Å². The highest BCUT2D eigenvalue weighted by Crippen LogP contribution is 2.08. The molecule has 0 aliphatic carbocycles. The van der Waals surface area contributed by atoms with Gasteiger partial charge < -0.3 is 5.32 Å². The summed E-state index contributed by atoms with van der Waals surface area (Å²) < 4.78 is 0. The molecule has 0 saturated carbocycles. The van der Waals surface area contributed by atoms with Gasteiger partial charge in [0.15, 0.2) is 5.78 Å². The van der Waals surface area contributed by atoms with Crippen LogP contribution in [0.25, 0.3) is 0 Å². The number of carbonyl (C=O) groups excluding carboxylic acids is 2. The minimum atomic E-state index is -0.182. The van der Waals surface area contributed by atoms with Crippen molar-refractivity contribution in [1.82, 2.24) is 5.32 Å². The van der Waals surface area contributed by atoms with Crippen LogP contribution in [-0.2, 0) is 11.2 Å². The van der Waals surface area contributed by atoms with E-state index in [-0.39, 0.29) is 18.2 Å². The van der Waals surface area contributed by atoms with Crippen LogP contribution < -0.4 is 5.32 Å². The van der Waals surface area contributed by atoms with Crippen LogP contribution in [-0.4, -0.2) is 18.2 Å². The van der Waals surface area contributed by atoms with Gasteiger partial charge in [-0.3, -0.25) is 9.59 Å². The molecule has 0 fully saturated rings. The number of amides is 1. The van der Waals surface area contributed by atoms with Gasteiger partial charge in [0.05, 0.1) is 6.54 Å². The van der Waals surface area contributed by atoms with Gasteiger partial charge in [-0.15, -0.1) is 0 Å². The molecule has 0 aliphatic rings.